The van der Waals surface area contributed by atoms with Crippen molar-refractivity contribution in [3.8, 4) is 0 Å². The molecule has 0 amide bonds. The second-order valence-electron chi connectivity index (χ2n) is 3.64. The normalized spacial score (nSPS) is 22.5. The fourth-order valence-corrected chi connectivity index (χ4v) is 1.71. The third-order valence-electron chi connectivity index (χ3n) is 2.44. The molecule has 0 unspecified atom stereocenters. The summed E-state index contributed by atoms with van der Waals surface area (Å²) in [7, 11) is 0. The minimum Gasteiger partial charge on any atom is -0.464 e. The number of furan rings is 1. The third-order valence-corrected chi connectivity index (χ3v) is 2.44. The molecular weight excluding hydrogens is 178 g/mol. The quantitative estimate of drug-likeness (QED) is 0.799. The Kier molecular flexibility index (Phi) is 3.22. The summed E-state index contributed by atoms with van der Waals surface area (Å²) in [6, 6.07) is 4.36. The van der Waals surface area contributed by atoms with Crippen LogP contribution < -0.4 is 5.32 Å². The summed E-state index contributed by atoms with van der Waals surface area (Å²) in [4.78, 5) is 0. The minimum absolute atomic E-state index is 0.245. The first-order valence-corrected chi connectivity index (χ1v) is 5.30. The second kappa shape index (κ2) is 4.62. The van der Waals surface area contributed by atoms with Crippen LogP contribution in [-0.2, 0) is 11.2 Å². The Balaban J connectivity index is 2.00. The summed E-state index contributed by atoms with van der Waals surface area (Å²) in [5.74, 6) is 2.09. The van der Waals surface area contributed by atoms with E-state index in [1.807, 2.05) is 0 Å². The Hall–Kier alpha value is -0.800. The monoisotopic (exact) mass is 195 g/mol. The van der Waals surface area contributed by atoms with E-state index >= 15 is 0 Å². The number of rotatable bonds is 3. The molecule has 0 bridgehead atoms. The molecule has 1 aromatic heterocycles. The van der Waals surface area contributed by atoms with Crippen molar-refractivity contribution in [2.75, 3.05) is 19.8 Å². The van der Waals surface area contributed by atoms with Crippen LogP contribution >= 0.6 is 0 Å². The molecule has 1 aliphatic heterocycles. The Bertz CT molecular complexity index is 277. The van der Waals surface area contributed by atoms with Gasteiger partial charge in [-0.05, 0) is 18.6 Å². The summed E-state index contributed by atoms with van der Waals surface area (Å²) in [6.45, 7) is 4.59. The van der Waals surface area contributed by atoms with Crippen molar-refractivity contribution < 1.29 is 9.15 Å². The number of ether oxygens (including phenoxy) is 1. The van der Waals surface area contributed by atoms with Crippen LogP contribution in [0, 0.1) is 0 Å². The highest BCUT2D eigenvalue weighted by Crippen LogP contribution is 2.19. The van der Waals surface area contributed by atoms with Crippen LogP contribution in [0.15, 0.2) is 16.5 Å². The largest absolute Gasteiger partial charge is 0.464 e. The molecule has 0 spiro atoms. The van der Waals surface area contributed by atoms with Gasteiger partial charge in [-0.1, -0.05) is 6.92 Å². The van der Waals surface area contributed by atoms with E-state index in [4.69, 9.17) is 9.15 Å². The number of morpholine rings is 1. The van der Waals surface area contributed by atoms with Crippen molar-refractivity contribution in [2.24, 2.45) is 0 Å². The fourth-order valence-electron chi connectivity index (χ4n) is 1.71. The molecule has 1 aliphatic rings. The Morgan fingerprint density at radius 1 is 1.50 bits per heavy atom. The Morgan fingerprint density at radius 3 is 3.14 bits per heavy atom. The Morgan fingerprint density at radius 2 is 2.43 bits per heavy atom. The van der Waals surface area contributed by atoms with Crippen molar-refractivity contribution in [3.05, 3.63) is 23.7 Å². The van der Waals surface area contributed by atoms with Gasteiger partial charge in [0.05, 0.1) is 19.3 Å². The van der Waals surface area contributed by atoms with Gasteiger partial charge in [-0.3, -0.25) is 0 Å². The van der Waals surface area contributed by atoms with Gasteiger partial charge in [0, 0.05) is 13.0 Å². The SMILES string of the molecule is CCCc1ccc([C@@H]2COCCN2)o1. The molecule has 0 saturated carbocycles. The molecule has 1 saturated heterocycles. The van der Waals surface area contributed by atoms with E-state index in [1.54, 1.807) is 0 Å². The van der Waals surface area contributed by atoms with Crippen LogP contribution in [0.3, 0.4) is 0 Å². The first-order chi connectivity index (χ1) is 6.90. The van der Waals surface area contributed by atoms with Crippen molar-refractivity contribution in [1.29, 1.82) is 0 Å². The molecular formula is C11H17NO2. The average molecular weight is 195 g/mol. The molecule has 3 heteroatoms. The smallest absolute Gasteiger partial charge is 0.123 e. The molecule has 2 rings (SSSR count). The molecule has 14 heavy (non-hydrogen) atoms. The maximum atomic E-state index is 5.72. The van der Waals surface area contributed by atoms with E-state index in [0.29, 0.717) is 0 Å². The maximum Gasteiger partial charge on any atom is 0.123 e. The van der Waals surface area contributed by atoms with E-state index in [9.17, 15) is 0 Å². The van der Waals surface area contributed by atoms with Gasteiger partial charge < -0.3 is 14.5 Å². The highest BCUT2D eigenvalue weighted by Gasteiger charge is 2.18. The standard InChI is InChI=1S/C11H17NO2/c1-2-3-9-4-5-11(14-9)10-8-13-7-6-12-10/h4-5,10,12H,2-3,6-8H2,1H3/t10-/m0/s1. The van der Waals surface area contributed by atoms with Gasteiger partial charge >= 0.3 is 0 Å². The lowest BCUT2D eigenvalue weighted by Crippen LogP contribution is -2.34. The zero-order valence-electron chi connectivity index (χ0n) is 8.58. The summed E-state index contributed by atoms with van der Waals surface area (Å²) in [5, 5.41) is 3.37. The number of hydrogen-bond acceptors (Lipinski definition) is 3. The van der Waals surface area contributed by atoms with Crippen LogP contribution in [0.2, 0.25) is 0 Å². The van der Waals surface area contributed by atoms with Crippen molar-refractivity contribution in [3.63, 3.8) is 0 Å². The van der Waals surface area contributed by atoms with Crippen LogP contribution in [-0.4, -0.2) is 19.8 Å². The predicted octanol–water partition coefficient (Wildman–Crippen LogP) is 1.89. The van der Waals surface area contributed by atoms with E-state index in [2.05, 4.69) is 24.4 Å². The highest BCUT2D eigenvalue weighted by atomic mass is 16.5. The van der Waals surface area contributed by atoms with Gasteiger partial charge in [-0.15, -0.1) is 0 Å². The fraction of sp³-hybridized carbons (Fsp3) is 0.636. The van der Waals surface area contributed by atoms with Crippen LogP contribution in [0.25, 0.3) is 0 Å². The lowest BCUT2D eigenvalue weighted by Gasteiger charge is -2.21. The van der Waals surface area contributed by atoms with E-state index < -0.39 is 0 Å². The molecule has 1 N–H and O–H groups in total. The summed E-state index contributed by atoms with van der Waals surface area (Å²) in [5.41, 5.74) is 0. The average Bonchev–Trinajstić information content (AvgIpc) is 2.68. The zero-order valence-corrected chi connectivity index (χ0v) is 8.58. The highest BCUT2D eigenvalue weighted by molar-refractivity contribution is 5.11. The Labute approximate surface area is 84.4 Å². The first kappa shape index (κ1) is 9.74. The van der Waals surface area contributed by atoms with Gasteiger partial charge in [0.25, 0.3) is 0 Å². The zero-order chi connectivity index (χ0) is 9.80. The van der Waals surface area contributed by atoms with Gasteiger partial charge in [0.2, 0.25) is 0 Å². The molecule has 78 valence electrons. The predicted molar refractivity (Wildman–Crippen MR) is 54.3 cm³/mol. The molecule has 0 aromatic carbocycles. The third kappa shape index (κ3) is 2.16. The topological polar surface area (TPSA) is 34.4 Å². The lowest BCUT2D eigenvalue weighted by atomic mass is 10.2. The van der Waals surface area contributed by atoms with Gasteiger partial charge in [-0.2, -0.15) is 0 Å². The molecule has 3 nitrogen and oxygen atoms in total. The van der Waals surface area contributed by atoms with Gasteiger partial charge in [-0.25, -0.2) is 0 Å². The molecule has 1 atom stereocenters. The van der Waals surface area contributed by atoms with Crippen molar-refractivity contribution in [2.45, 2.75) is 25.8 Å². The minimum atomic E-state index is 0.245. The van der Waals surface area contributed by atoms with E-state index in [1.165, 1.54) is 0 Å². The second-order valence-corrected chi connectivity index (χ2v) is 3.64. The van der Waals surface area contributed by atoms with Gasteiger partial charge in [0.15, 0.2) is 0 Å². The summed E-state index contributed by atoms with van der Waals surface area (Å²) >= 11 is 0. The molecule has 1 fully saturated rings. The number of hydrogen-bond donors (Lipinski definition) is 1. The molecule has 2 heterocycles. The van der Waals surface area contributed by atoms with Gasteiger partial charge in [0.1, 0.15) is 11.5 Å². The van der Waals surface area contributed by atoms with Crippen molar-refractivity contribution in [1.82, 2.24) is 5.32 Å². The molecule has 1 aromatic rings. The first-order valence-electron chi connectivity index (χ1n) is 5.30. The van der Waals surface area contributed by atoms with E-state index in [-0.39, 0.29) is 6.04 Å². The molecule has 0 radical (unpaired) electrons. The van der Waals surface area contributed by atoms with Crippen LogP contribution in [0.5, 0.6) is 0 Å². The lowest BCUT2D eigenvalue weighted by molar-refractivity contribution is 0.0695. The maximum absolute atomic E-state index is 5.72. The summed E-state index contributed by atoms with van der Waals surface area (Å²) < 4.78 is 11.1. The van der Waals surface area contributed by atoms with Crippen LogP contribution in [0.4, 0.5) is 0 Å². The van der Waals surface area contributed by atoms with Crippen molar-refractivity contribution >= 4 is 0 Å². The number of aryl methyl sites for hydroxylation is 1. The summed E-state index contributed by atoms with van der Waals surface area (Å²) in [6.07, 6.45) is 2.15. The molecule has 0 aliphatic carbocycles. The van der Waals surface area contributed by atoms with E-state index in [0.717, 1.165) is 44.1 Å². The number of nitrogens with one attached hydrogen (secondary N) is 1. The van der Waals surface area contributed by atoms with Crippen LogP contribution in [0.1, 0.15) is 30.9 Å².